The van der Waals surface area contributed by atoms with Crippen LogP contribution in [-0.2, 0) is 0 Å². The zero-order chi connectivity index (χ0) is 10.5. The minimum Gasteiger partial charge on any atom is -0.276 e. The van der Waals surface area contributed by atoms with Crippen LogP contribution in [0.3, 0.4) is 0 Å². The fourth-order valence-electron chi connectivity index (χ4n) is 4.46. The second kappa shape index (κ2) is 3.26. The molecule has 0 aromatic heterocycles. The lowest BCUT2D eigenvalue weighted by Crippen LogP contribution is -2.57. The molecular formula is C13H21NS. The first-order chi connectivity index (χ1) is 7.19. The average molecular weight is 223 g/mol. The number of hydrogen-bond donors (Lipinski definition) is 0. The lowest BCUT2D eigenvalue weighted by molar-refractivity contribution is -0.0680. The van der Waals surface area contributed by atoms with Gasteiger partial charge in [-0.15, -0.1) is 11.8 Å². The fourth-order valence-corrected chi connectivity index (χ4v) is 5.09. The van der Waals surface area contributed by atoms with E-state index in [2.05, 4.69) is 13.2 Å². The molecule has 0 bridgehead atoms. The number of aliphatic imine (C=N–C) groups is 1. The summed E-state index contributed by atoms with van der Waals surface area (Å²) in [5.74, 6) is 0.896. The summed E-state index contributed by atoms with van der Waals surface area (Å²) in [5, 5.41) is 1.42. The van der Waals surface area contributed by atoms with Crippen molar-refractivity contribution in [2.45, 2.75) is 57.4 Å². The molecule has 0 saturated heterocycles. The molecule has 0 N–H and O–H groups in total. The highest BCUT2D eigenvalue weighted by molar-refractivity contribution is 8.13. The van der Waals surface area contributed by atoms with Crippen molar-refractivity contribution in [2.75, 3.05) is 6.26 Å². The predicted molar refractivity (Wildman–Crippen MR) is 67.6 cm³/mol. The Labute approximate surface area is 97.1 Å². The molecular weight excluding hydrogens is 202 g/mol. The smallest absolute Gasteiger partial charge is 0.0684 e. The van der Waals surface area contributed by atoms with Crippen molar-refractivity contribution < 1.29 is 0 Å². The predicted octanol–water partition coefficient (Wildman–Crippen LogP) is 3.88. The van der Waals surface area contributed by atoms with Gasteiger partial charge in [0, 0.05) is 6.42 Å². The maximum Gasteiger partial charge on any atom is 0.0684 e. The molecule has 15 heavy (non-hydrogen) atoms. The highest BCUT2D eigenvalue weighted by atomic mass is 32.2. The first-order valence-electron chi connectivity index (χ1n) is 6.31. The van der Waals surface area contributed by atoms with Gasteiger partial charge in [0.05, 0.1) is 10.6 Å². The van der Waals surface area contributed by atoms with Crippen molar-refractivity contribution in [1.82, 2.24) is 0 Å². The van der Waals surface area contributed by atoms with Gasteiger partial charge < -0.3 is 0 Å². The first-order valence-corrected chi connectivity index (χ1v) is 7.54. The van der Waals surface area contributed by atoms with E-state index in [9.17, 15) is 0 Å². The number of nitrogens with zero attached hydrogens (tertiary/aromatic N) is 1. The molecule has 0 radical (unpaired) electrons. The zero-order valence-electron chi connectivity index (χ0n) is 9.88. The van der Waals surface area contributed by atoms with E-state index in [4.69, 9.17) is 4.99 Å². The molecule has 0 unspecified atom stereocenters. The summed E-state index contributed by atoms with van der Waals surface area (Å²) >= 11 is 1.88. The van der Waals surface area contributed by atoms with E-state index in [0.29, 0.717) is 11.0 Å². The van der Waals surface area contributed by atoms with Crippen LogP contribution in [0.5, 0.6) is 0 Å². The number of fused-ring (bicyclic) bond motifs is 2. The summed E-state index contributed by atoms with van der Waals surface area (Å²) < 4.78 is 0. The van der Waals surface area contributed by atoms with Gasteiger partial charge in [-0.05, 0) is 43.8 Å². The Balaban J connectivity index is 1.80. The summed E-state index contributed by atoms with van der Waals surface area (Å²) in [6.45, 7) is 2.39. The van der Waals surface area contributed by atoms with Crippen LogP contribution in [-0.4, -0.2) is 16.8 Å². The second-order valence-electron chi connectivity index (χ2n) is 5.92. The van der Waals surface area contributed by atoms with Crippen LogP contribution < -0.4 is 0 Å². The van der Waals surface area contributed by atoms with Crippen molar-refractivity contribution >= 4 is 16.8 Å². The summed E-state index contributed by atoms with van der Waals surface area (Å²) in [6.07, 6.45) is 12.3. The molecule has 3 aliphatic rings. The summed E-state index contributed by atoms with van der Waals surface area (Å²) in [6, 6.07) is 0. The van der Waals surface area contributed by atoms with Gasteiger partial charge in [-0.3, -0.25) is 4.99 Å². The van der Waals surface area contributed by atoms with Gasteiger partial charge >= 0.3 is 0 Å². The monoisotopic (exact) mass is 223 g/mol. The lowest BCUT2D eigenvalue weighted by Gasteiger charge is -2.59. The number of rotatable bonds is 0. The molecule has 2 heteroatoms. The quantitative estimate of drug-likeness (QED) is 0.607. The van der Waals surface area contributed by atoms with Gasteiger partial charge in [-0.2, -0.15) is 0 Å². The van der Waals surface area contributed by atoms with Crippen LogP contribution >= 0.6 is 11.8 Å². The molecule has 1 spiro atoms. The third kappa shape index (κ3) is 1.33. The van der Waals surface area contributed by atoms with Crippen molar-refractivity contribution in [1.29, 1.82) is 0 Å². The van der Waals surface area contributed by atoms with Crippen molar-refractivity contribution in [2.24, 2.45) is 16.3 Å². The van der Waals surface area contributed by atoms with Crippen LogP contribution in [0, 0.1) is 11.3 Å². The molecule has 1 aliphatic heterocycles. The lowest BCUT2D eigenvalue weighted by atomic mass is 9.46. The third-order valence-corrected chi connectivity index (χ3v) is 5.77. The highest BCUT2D eigenvalue weighted by Crippen LogP contribution is 2.66. The largest absolute Gasteiger partial charge is 0.276 e. The van der Waals surface area contributed by atoms with Gasteiger partial charge in [0.1, 0.15) is 0 Å². The Hall–Kier alpha value is 0.0200. The average Bonchev–Trinajstić information content (AvgIpc) is 2.52. The van der Waals surface area contributed by atoms with Gasteiger partial charge in [0.25, 0.3) is 0 Å². The van der Waals surface area contributed by atoms with Crippen LogP contribution in [0.25, 0.3) is 0 Å². The maximum atomic E-state index is 4.94. The SMILES string of the molecule is CSC1=N[C@]2(C)CC3(CCCCC3)[C@H]2C1. The molecule has 2 saturated carbocycles. The van der Waals surface area contributed by atoms with Crippen LogP contribution in [0.15, 0.2) is 4.99 Å². The van der Waals surface area contributed by atoms with Crippen molar-refractivity contribution in [3.63, 3.8) is 0 Å². The Kier molecular flexibility index (Phi) is 2.21. The Morgan fingerprint density at radius 3 is 2.67 bits per heavy atom. The van der Waals surface area contributed by atoms with Crippen molar-refractivity contribution in [3.8, 4) is 0 Å². The Morgan fingerprint density at radius 2 is 2.00 bits per heavy atom. The molecule has 84 valence electrons. The molecule has 0 aromatic rings. The van der Waals surface area contributed by atoms with Gasteiger partial charge in [0.2, 0.25) is 0 Å². The molecule has 1 heterocycles. The summed E-state index contributed by atoms with van der Waals surface area (Å²) in [5.41, 5.74) is 1.06. The first kappa shape index (κ1) is 10.2. The Bertz CT molecular complexity index is 304. The summed E-state index contributed by atoms with van der Waals surface area (Å²) in [4.78, 5) is 4.94. The van der Waals surface area contributed by atoms with Gasteiger partial charge in [0.15, 0.2) is 0 Å². The minimum atomic E-state index is 0.343. The molecule has 0 amide bonds. The van der Waals surface area contributed by atoms with E-state index >= 15 is 0 Å². The third-order valence-electron chi connectivity index (χ3n) is 5.04. The number of hydrogen-bond acceptors (Lipinski definition) is 2. The van der Waals surface area contributed by atoms with E-state index in [1.54, 1.807) is 0 Å². The standard InChI is InChI=1S/C13H21NS/c1-12-9-13(6-4-3-5-7-13)10(12)8-11(14-12)15-2/h10H,3-9H2,1-2H3/t10-,12+/m0/s1. The van der Waals surface area contributed by atoms with Gasteiger partial charge in [-0.1, -0.05) is 19.3 Å². The van der Waals surface area contributed by atoms with Crippen LogP contribution in [0.1, 0.15) is 51.9 Å². The van der Waals surface area contributed by atoms with E-state index in [1.807, 2.05) is 11.8 Å². The summed E-state index contributed by atoms with van der Waals surface area (Å²) in [7, 11) is 0. The van der Waals surface area contributed by atoms with Crippen LogP contribution in [0.4, 0.5) is 0 Å². The molecule has 3 rings (SSSR count). The topological polar surface area (TPSA) is 12.4 Å². The van der Waals surface area contributed by atoms with Gasteiger partial charge in [-0.25, -0.2) is 0 Å². The maximum absolute atomic E-state index is 4.94. The van der Waals surface area contributed by atoms with Crippen LogP contribution in [0.2, 0.25) is 0 Å². The van der Waals surface area contributed by atoms with Crippen molar-refractivity contribution in [3.05, 3.63) is 0 Å². The fraction of sp³-hybridized carbons (Fsp3) is 0.923. The molecule has 1 nitrogen and oxygen atoms in total. The second-order valence-corrected chi connectivity index (χ2v) is 6.80. The van der Waals surface area contributed by atoms with E-state index in [1.165, 1.54) is 50.0 Å². The highest BCUT2D eigenvalue weighted by Gasteiger charge is 2.62. The van der Waals surface area contributed by atoms with E-state index < -0.39 is 0 Å². The molecule has 2 fully saturated rings. The number of thioether (sulfide) groups is 1. The zero-order valence-corrected chi connectivity index (χ0v) is 10.7. The molecule has 2 atom stereocenters. The molecule has 2 aliphatic carbocycles. The van der Waals surface area contributed by atoms with E-state index in [0.717, 1.165) is 5.92 Å². The normalized spacial score (nSPS) is 42.3. The molecule has 0 aromatic carbocycles. The Morgan fingerprint density at radius 1 is 1.27 bits per heavy atom. The minimum absolute atomic E-state index is 0.343. The van der Waals surface area contributed by atoms with E-state index in [-0.39, 0.29) is 0 Å².